The molecule has 0 radical (unpaired) electrons. The van der Waals surface area contributed by atoms with Crippen molar-refractivity contribution in [1.29, 1.82) is 5.26 Å². The number of anilines is 1. The summed E-state index contributed by atoms with van der Waals surface area (Å²) < 4.78 is 5.17. The number of methoxy groups -OCH3 is 1. The summed E-state index contributed by atoms with van der Waals surface area (Å²) in [5, 5.41) is 16.2. The second-order valence-electron chi connectivity index (χ2n) is 5.77. The van der Waals surface area contributed by atoms with E-state index in [1.54, 1.807) is 7.11 Å². The Balaban J connectivity index is 1.82. The molecule has 0 spiro atoms. The molecule has 0 saturated heterocycles. The van der Waals surface area contributed by atoms with Crippen LogP contribution in [0.15, 0.2) is 52.9 Å². The average Bonchev–Trinajstić information content (AvgIpc) is 3.14. The first-order valence-corrected chi connectivity index (χ1v) is 8.90. The molecule has 0 saturated carbocycles. The Labute approximate surface area is 156 Å². The van der Waals surface area contributed by atoms with Gasteiger partial charge in [-0.1, -0.05) is 17.7 Å². The predicted octanol–water partition coefficient (Wildman–Crippen LogP) is 4.78. The van der Waals surface area contributed by atoms with Crippen LogP contribution < -0.4 is 10.2 Å². The van der Waals surface area contributed by atoms with E-state index in [2.05, 4.69) is 27.6 Å². The van der Waals surface area contributed by atoms with E-state index in [0.29, 0.717) is 5.01 Å². The Morgan fingerprint density at radius 2 is 1.96 bits per heavy atom. The molecule has 130 valence electrons. The van der Waals surface area contributed by atoms with Crippen molar-refractivity contribution in [2.45, 2.75) is 13.8 Å². The van der Waals surface area contributed by atoms with Crippen LogP contribution in [0.4, 0.5) is 5.69 Å². The normalized spacial score (nSPS) is 11.1. The Morgan fingerprint density at radius 3 is 2.62 bits per heavy atom. The van der Waals surface area contributed by atoms with Gasteiger partial charge in [0, 0.05) is 10.9 Å². The van der Waals surface area contributed by atoms with Crippen molar-refractivity contribution in [2.75, 3.05) is 12.5 Å². The fourth-order valence-electron chi connectivity index (χ4n) is 2.45. The van der Waals surface area contributed by atoms with E-state index in [9.17, 15) is 5.26 Å². The molecule has 5 nitrogen and oxygen atoms in total. The number of nitrogens with zero attached hydrogens (tertiary/aromatic N) is 3. The Kier molecular flexibility index (Phi) is 5.30. The highest BCUT2D eigenvalue weighted by Gasteiger charge is 2.11. The van der Waals surface area contributed by atoms with Crippen LogP contribution in [-0.2, 0) is 0 Å². The summed E-state index contributed by atoms with van der Waals surface area (Å²) in [6.07, 6.45) is 0. The van der Waals surface area contributed by atoms with Crippen LogP contribution in [0, 0.1) is 25.2 Å². The number of rotatable bonds is 5. The molecule has 3 rings (SSSR count). The van der Waals surface area contributed by atoms with Gasteiger partial charge in [-0.2, -0.15) is 10.4 Å². The van der Waals surface area contributed by atoms with E-state index < -0.39 is 0 Å². The lowest BCUT2D eigenvalue weighted by atomic mass is 10.1. The molecule has 0 bridgehead atoms. The van der Waals surface area contributed by atoms with Gasteiger partial charge in [-0.3, -0.25) is 5.43 Å². The van der Waals surface area contributed by atoms with Crippen molar-refractivity contribution in [3.8, 4) is 23.1 Å². The zero-order valence-corrected chi connectivity index (χ0v) is 15.6. The molecule has 0 amide bonds. The molecular weight excluding hydrogens is 344 g/mol. The molecule has 0 aliphatic rings. The van der Waals surface area contributed by atoms with Gasteiger partial charge in [-0.05, 0) is 49.7 Å². The topological polar surface area (TPSA) is 70.3 Å². The maximum Gasteiger partial charge on any atom is 0.196 e. The van der Waals surface area contributed by atoms with Crippen molar-refractivity contribution in [1.82, 2.24) is 4.98 Å². The summed E-state index contributed by atoms with van der Waals surface area (Å²) in [6, 6.07) is 15.8. The van der Waals surface area contributed by atoms with Gasteiger partial charge in [-0.25, -0.2) is 4.98 Å². The lowest BCUT2D eigenvalue weighted by molar-refractivity contribution is 0.415. The SMILES string of the molecule is COc1ccc(-c2csc(/C(C#N)=N/Nc3ccc(C)cc3C)n2)cc1. The molecule has 1 heterocycles. The molecule has 1 N–H and O–H groups in total. The monoisotopic (exact) mass is 362 g/mol. The van der Waals surface area contributed by atoms with Crippen LogP contribution in [0.1, 0.15) is 16.1 Å². The summed E-state index contributed by atoms with van der Waals surface area (Å²) in [5.74, 6) is 0.793. The van der Waals surface area contributed by atoms with Gasteiger partial charge in [0.1, 0.15) is 11.8 Å². The number of benzene rings is 2. The van der Waals surface area contributed by atoms with Gasteiger partial charge >= 0.3 is 0 Å². The molecule has 2 aromatic carbocycles. The highest BCUT2D eigenvalue weighted by molar-refractivity contribution is 7.12. The fraction of sp³-hybridized carbons (Fsp3) is 0.150. The molecule has 1 aromatic heterocycles. The maximum atomic E-state index is 9.45. The lowest BCUT2D eigenvalue weighted by Gasteiger charge is -2.05. The predicted molar refractivity (Wildman–Crippen MR) is 106 cm³/mol. The molecule has 26 heavy (non-hydrogen) atoms. The number of hydrogen-bond acceptors (Lipinski definition) is 6. The lowest BCUT2D eigenvalue weighted by Crippen LogP contribution is -2.02. The van der Waals surface area contributed by atoms with Crippen LogP contribution in [0.2, 0.25) is 0 Å². The molecule has 0 fully saturated rings. The minimum Gasteiger partial charge on any atom is -0.497 e. The van der Waals surface area contributed by atoms with Gasteiger partial charge in [0.25, 0.3) is 0 Å². The number of aryl methyl sites for hydroxylation is 2. The number of ether oxygens (including phenoxy) is 1. The smallest absolute Gasteiger partial charge is 0.196 e. The van der Waals surface area contributed by atoms with E-state index in [1.807, 2.05) is 55.6 Å². The van der Waals surface area contributed by atoms with Crippen LogP contribution >= 0.6 is 11.3 Å². The quantitative estimate of drug-likeness (QED) is 0.524. The summed E-state index contributed by atoms with van der Waals surface area (Å²) in [4.78, 5) is 4.54. The standard InChI is InChI=1S/C20H18N4OS/c1-13-4-9-17(14(2)10-13)23-24-18(11-21)20-22-19(12-26-20)15-5-7-16(25-3)8-6-15/h4-10,12,23H,1-3H3/b24-18+. The van der Waals surface area contributed by atoms with Crippen molar-refractivity contribution < 1.29 is 4.74 Å². The van der Waals surface area contributed by atoms with Gasteiger partial charge in [0.2, 0.25) is 0 Å². The van der Waals surface area contributed by atoms with Crippen molar-refractivity contribution in [3.05, 3.63) is 64.0 Å². The van der Waals surface area contributed by atoms with Gasteiger partial charge in [0.15, 0.2) is 10.7 Å². The summed E-state index contributed by atoms with van der Waals surface area (Å²) in [5.41, 5.74) is 8.13. The molecule has 0 unspecified atom stereocenters. The zero-order chi connectivity index (χ0) is 18.5. The average molecular weight is 362 g/mol. The largest absolute Gasteiger partial charge is 0.497 e. The number of hydrazone groups is 1. The van der Waals surface area contributed by atoms with Crippen LogP contribution in [-0.4, -0.2) is 17.8 Å². The molecule has 3 aromatic rings. The molecule has 0 aliphatic heterocycles. The van der Waals surface area contributed by atoms with E-state index >= 15 is 0 Å². The number of hydrogen-bond donors (Lipinski definition) is 1. The number of nitrogens with one attached hydrogen (secondary N) is 1. The van der Waals surface area contributed by atoms with Crippen molar-refractivity contribution in [3.63, 3.8) is 0 Å². The fourth-order valence-corrected chi connectivity index (χ4v) is 3.22. The zero-order valence-electron chi connectivity index (χ0n) is 14.8. The summed E-state index contributed by atoms with van der Waals surface area (Å²) >= 11 is 1.39. The minimum atomic E-state index is 0.259. The second kappa shape index (κ2) is 7.81. The van der Waals surface area contributed by atoms with Crippen molar-refractivity contribution >= 4 is 22.7 Å². The third kappa shape index (κ3) is 3.90. The maximum absolute atomic E-state index is 9.45. The van der Waals surface area contributed by atoms with E-state index in [0.717, 1.165) is 28.3 Å². The number of aromatic nitrogens is 1. The second-order valence-corrected chi connectivity index (χ2v) is 6.63. The third-order valence-corrected chi connectivity index (χ3v) is 4.72. The van der Waals surface area contributed by atoms with Gasteiger partial charge < -0.3 is 4.74 Å². The van der Waals surface area contributed by atoms with Crippen LogP contribution in [0.3, 0.4) is 0 Å². The Morgan fingerprint density at radius 1 is 1.19 bits per heavy atom. The Hall–Kier alpha value is -3.17. The minimum absolute atomic E-state index is 0.259. The van der Waals surface area contributed by atoms with Crippen molar-refractivity contribution in [2.24, 2.45) is 5.10 Å². The molecular formula is C20H18N4OS. The first-order valence-electron chi connectivity index (χ1n) is 8.02. The van der Waals surface area contributed by atoms with E-state index in [4.69, 9.17) is 4.74 Å². The molecule has 6 heteroatoms. The molecule has 0 aliphatic carbocycles. The Bertz CT molecular complexity index is 984. The van der Waals surface area contributed by atoms with E-state index in [-0.39, 0.29) is 5.71 Å². The summed E-state index contributed by atoms with van der Waals surface area (Å²) in [6.45, 7) is 4.04. The van der Waals surface area contributed by atoms with Crippen LogP contribution in [0.5, 0.6) is 5.75 Å². The van der Waals surface area contributed by atoms with Gasteiger partial charge in [-0.15, -0.1) is 11.3 Å². The van der Waals surface area contributed by atoms with E-state index in [1.165, 1.54) is 16.9 Å². The summed E-state index contributed by atoms with van der Waals surface area (Å²) in [7, 11) is 1.63. The third-order valence-electron chi connectivity index (χ3n) is 3.87. The highest BCUT2D eigenvalue weighted by Crippen LogP contribution is 2.24. The first kappa shape index (κ1) is 17.6. The number of thiazole rings is 1. The molecule has 0 atom stereocenters. The van der Waals surface area contributed by atoms with Gasteiger partial charge in [0.05, 0.1) is 18.5 Å². The van der Waals surface area contributed by atoms with Crippen LogP contribution in [0.25, 0.3) is 11.3 Å². The highest BCUT2D eigenvalue weighted by atomic mass is 32.1. The number of nitriles is 1. The first-order chi connectivity index (χ1) is 12.6.